The molecule has 0 bridgehead atoms. The molecule has 9 heteroatoms. The number of anilines is 2. The first kappa shape index (κ1) is 22.1. The van der Waals surface area contributed by atoms with E-state index in [-0.39, 0.29) is 6.01 Å². The number of hydrazone groups is 1. The van der Waals surface area contributed by atoms with E-state index >= 15 is 0 Å². The Morgan fingerprint density at radius 3 is 2.82 bits per heavy atom. The molecule has 8 nitrogen and oxygen atoms in total. The normalized spacial score (nSPS) is 14.0. The van der Waals surface area contributed by atoms with E-state index in [1.807, 2.05) is 55.5 Å². The van der Waals surface area contributed by atoms with Gasteiger partial charge in [-0.25, -0.2) is 0 Å². The highest BCUT2D eigenvalue weighted by molar-refractivity contribution is 6.31. The summed E-state index contributed by atoms with van der Waals surface area (Å²) in [7, 11) is 0. The smallest absolute Gasteiger partial charge is 0.325 e. The number of hydrogen-bond acceptors (Lipinski definition) is 8. The maximum Gasteiger partial charge on any atom is 0.325 e. The Hall–Kier alpha value is -3.75. The van der Waals surface area contributed by atoms with Gasteiger partial charge < -0.3 is 14.4 Å². The van der Waals surface area contributed by atoms with Crippen molar-refractivity contribution in [3.8, 4) is 11.8 Å². The molecule has 1 saturated heterocycles. The van der Waals surface area contributed by atoms with Crippen molar-refractivity contribution in [1.82, 2.24) is 15.0 Å². The average molecular weight is 475 g/mol. The molecule has 0 unspecified atom stereocenters. The molecule has 0 atom stereocenters. The van der Waals surface area contributed by atoms with Gasteiger partial charge in [-0.15, -0.1) is 0 Å². The largest absolute Gasteiger partial charge is 0.424 e. The minimum absolute atomic E-state index is 0.214. The van der Waals surface area contributed by atoms with Crippen LogP contribution in [0, 0.1) is 6.92 Å². The van der Waals surface area contributed by atoms with Crippen LogP contribution < -0.4 is 15.1 Å². The molecule has 3 heterocycles. The molecule has 2 aromatic carbocycles. The van der Waals surface area contributed by atoms with Crippen molar-refractivity contribution in [3.63, 3.8) is 0 Å². The van der Waals surface area contributed by atoms with Gasteiger partial charge in [0.1, 0.15) is 11.6 Å². The number of fused-ring (bicyclic) bond motifs is 1. The van der Waals surface area contributed by atoms with Crippen LogP contribution in [-0.4, -0.2) is 47.5 Å². The van der Waals surface area contributed by atoms with Gasteiger partial charge in [-0.1, -0.05) is 41.4 Å². The standard InChI is InChI=1S/C25H23ClN6O2/c1-17-3-2-4-18(11-17)15-28-31-23-14-24(32-7-9-33-10-8-32)30-25(29-23)34-21-5-6-22-19(13-21)12-20(26)16-27-22/h2-6,11-16H,7-10H2,1H3,(H,29,30,31). The zero-order chi connectivity index (χ0) is 23.3. The van der Waals surface area contributed by atoms with Crippen LogP contribution in [0.15, 0.2) is 65.9 Å². The summed E-state index contributed by atoms with van der Waals surface area (Å²) in [6, 6.07) is 17.6. The summed E-state index contributed by atoms with van der Waals surface area (Å²) in [6.07, 6.45) is 3.37. The topological polar surface area (TPSA) is 84.8 Å². The zero-order valence-corrected chi connectivity index (χ0v) is 19.4. The van der Waals surface area contributed by atoms with Crippen LogP contribution >= 0.6 is 11.6 Å². The maximum absolute atomic E-state index is 6.09. The van der Waals surface area contributed by atoms with Crippen molar-refractivity contribution in [3.05, 3.63) is 76.9 Å². The predicted molar refractivity (Wildman–Crippen MR) is 134 cm³/mol. The maximum atomic E-state index is 6.09. The molecular weight excluding hydrogens is 452 g/mol. The summed E-state index contributed by atoms with van der Waals surface area (Å²) in [5, 5.41) is 5.78. The fraction of sp³-hybridized carbons (Fsp3) is 0.200. The van der Waals surface area contributed by atoms with Gasteiger partial charge in [-0.3, -0.25) is 10.4 Å². The molecule has 172 valence electrons. The molecule has 2 aromatic heterocycles. The lowest BCUT2D eigenvalue weighted by atomic mass is 10.2. The molecule has 0 spiro atoms. The van der Waals surface area contributed by atoms with E-state index in [0.717, 1.165) is 35.4 Å². The fourth-order valence-electron chi connectivity index (χ4n) is 3.65. The minimum atomic E-state index is 0.214. The highest BCUT2D eigenvalue weighted by Crippen LogP contribution is 2.27. The minimum Gasteiger partial charge on any atom is -0.424 e. The molecule has 1 aliphatic heterocycles. The third-order valence-corrected chi connectivity index (χ3v) is 5.50. The Morgan fingerprint density at radius 1 is 1.09 bits per heavy atom. The summed E-state index contributed by atoms with van der Waals surface area (Å²) in [4.78, 5) is 15.6. The van der Waals surface area contributed by atoms with Crippen LogP contribution in [0.2, 0.25) is 5.02 Å². The second-order valence-electron chi connectivity index (χ2n) is 7.89. The summed E-state index contributed by atoms with van der Waals surface area (Å²) < 4.78 is 11.5. The van der Waals surface area contributed by atoms with E-state index in [9.17, 15) is 0 Å². The quantitative estimate of drug-likeness (QED) is 0.309. The van der Waals surface area contributed by atoms with Gasteiger partial charge in [0.15, 0.2) is 5.82 Å². The number of nitrogens with zero attached hydrogens (tertiary/aromatic N) is 5. The second-order valence-corrected chi connectivity index (χ2v) is 8.32. The summed E-state index contributed by atoms with van der Waals surface area (Å²) in [6.45, 7) is 4.81. The van der Waals surface area contributed by atoms with Crippen LogP contribution in [-0.2, 0) is 4.74 Å². The van der Waals surface area contributed by atoms with Crippen LogP contribution in [0.1, 0.15) is 11.1 Å². The van der Waals surface area contributed by atoms with Crippen LogP contribution in [0.4, 0.5) is 11.6 Å². The van der Waals surface area contributed by atoms with E-state index in [1.165, 1.54) is 5.56 Å². The van der Waals surface area contributed by atoms with Gasteiger partial charge in [0.2, 0.25) is 0 Å². The first-order valence-electron chi connectivity index (χ1n) is 10.9. The fourth-order valence-corrected chi connectivity index (χ4v) is 3.81. The lowest BCUT2D eigenvalue weighted by Gasteiger charge is -2.28. The highest BCUT2D eigenvalue weighted by atomic mass is 35.5. The molecule has 0 radical (unpaired) electrons. The average Bonchev–Trinajstić information content (AvgIpc) is 2.84. The first-order valence-corrected chi connectivity index (χ1v) is 11.3. The Bertz CT molecular complexity index is 1340. The Kier molecular flexibility index (Phi) is 6.51. The van der Waals surface area contributed by atoms with E-state index in [0.29, 0.717) is 29.8 Å². The molecule has 0 amide bonds. The number of rotatable bonds is 6. The number of ether oxygens (including phenoxy) is 2. The molecule has 4 aromatic rings. The van der Waals surface area contributed by atoms with Crippen molar-refractivity contribution in [1.29, 1.82) is 0 Å². The summed E-state index contributed by atoms with van der Waals surface area (Å²) >= 11 is 6.09. The van der Waals surface area contributed by atoms with Crippen LogP contribution in [0.3, 0.4) is 0 Å². The van der Waals surface area contributed by atoms with Gasteiger partial charge >= 0.3 is 6.01 Å². The van der Waals surface area contributed by atoms with Crippen LogP contribution in [0.5, 0.6) is 11.8 Å². The Morgan fingerprint density at radius 2 is 1.97 bits per heavy atom. The lowest BCUT2D eigenvalue weighted by molar-refractivity contribution is 0.122. The molecule has 0 saturated carbocycles. The lowest BCUT2D eigenvalue weighted by Crippen LogP contribution is -2.36. The molecule has 0 aliphatic carbocycles. The van der Waals surface area contributed by atoms with Crippen molar-refractivity contribution < 1.29 is 9.47 Å². The van der Waals surface area contributed by atoms with Crippen molar-refractivity contribution in [2.45, 2.75) is 6.92 Å². The molecule has 1 aliphatic rings. The van der Waals surface area contributed by atoms with Crippen LogP contribution in [0.25, 0.3) is 10.9 Å². The van der Waals surface area contributed by atoms with E-state index in [1.54, 1.807) is 12.4 Å². The Balaban J connectivity index is 1.42. The van der Waals surface area contributed by atoms with Gasteiger partial charge in [-0.2, -0.15) is 15.1 Å². The molecule has 34 heavy (non-hydrogen) atoms. The zero-order valence-electron chi connectivity index (χ0n) is 18.6. The van der Waals surface area contributed by atoms with Crippen molar-refractivity contribution in [2.24, 2.45) is 5.10 Å². The van der Waals surface area contributed by atoms with Gasteiger partial charge in [-0.05, 0) is 36.8 Å². The highest BCUT2D eigenvalue weighted by Gasteiger charge is 2.16. The van der Waals surface area contributed by atoms with E-state index in [2.05, 4.69) is 36.4 Å². The number of nitrogens with one attached hydrogen (secondary N) is 1. The van der Waals surface area contributed by atoms with Gasteiger partial charge in [0, 0.05) is 30.7 Å². The van der Waals surface area contributed by atoms with Gasteiger partial charge in [0.05, 0.1) is 30.0 Å². The van der Waals surface area contributed by atoms with E-state index in [4.69, 9.17) is 21.1 Å². The number of morpholine rings is 1. The summed E-state index contributed by atoms with van der Waals surface area (Å²) in [5.74, 6) is 1.86. The molecular formula is C25H23ClN6O2. The molecule has 1 N–H and O–H groups in total. The molecule has 5 rings (SSSR count). The second kappa shape index (κ2) is 10.0. The number of aromatic nitrogens is 3. The number of pyridine rings is 1. The summed E-state index contributed by atoms with van der Waals surface area (Å²) in [5.41, 5.74) is 6.00. The Labute approximate surface area is 202 Å². The van der Waals surface area contributed by atoms with Crippen molar-refractivity contribution in [2.75, 3.05) is 36.6 Å². The third-order valence-electron chi connectivity index (χ3n) is 5.29. The van der Waals surface area contributed by atoms with Gasteiger partial charge in [0.25, 0.3) is 0 Å². The van der Waals surface area contributed by atoms with Crippen molar-refractivity contribution >= 4 is 40.4 Å². The molecule has 1 fully saturated rings. The predicted octanol–water partition coefficient (Wildman–Crippen LogP) is 5.06. The van der Waals surface area contributed by atoms with E-state index < -0.39 is 0 Å². The number of halogens is 1. The number of hydrogen-bond donors (Lipinski definition) is 1. The third kappa shape index (κ3) is 5.41. The number of benzene rings is 2. The first-order chi connectivity index (χ1) is 16.6. The monoisotopic (exact) mass is 474 g/mol. The SMILES string of the molecule is Cc1cccc(C=NNc2cc(N3CCOCC3)nc(Oc3ccc4ncc(Cl)cc4c3)n2)c1. The number of aryl methyl sites for hydroxylation is 1.